The number of hydrogen-bond acceptors (Lipinski definition) is 5. The van der Waals surface area contributed by atoms with Gasteiger partial charge in [-0.2, -0.15) is 0 Å². The average Bonchev–Trinajstić information content (AvgIpc) is 3.14. The third-order valence-corrected chi connectivity index (χ3v) is 7.58. The van der Waals surface area contributed by atoms with Crippen molar-refractivity contribution in [3.8, 4) is 5.75 Å². The molecule has 1 aromatic rings. The van der Waals surface area contributed by atoms with Gasteiger partial charge in [0.15, 0.2) is 0 Å². The fourth-order valence-corrected chi connectivity index (χ4v) is 5.33. The summed E-state index contributed by atoms with van der Waals surface area (Å²) >= 11 is 0. The number of carbonyl (C=O) groups excluding carboxylic acids is 1. The molecule has 1 amide bonds. The van der Waals surface area contributed by atoms with Crippen LogP contribution in [0.25, 0.3) is 0 Å². The highest BCUT2D eigenvalue weighted by atomic mass is 32.2. The van der Waals surface area contributed by atoms with Crippen molar-refractivity contribution in [2.75, 3.05) is 52.6 Å². The molecule has 1 atom stereocenters. The van der Waals surface area contributed by atoms with Gasteiger partial charge in [0.1, 0.15) is 5.75 Å². The molecule has 0 N–H and O–H groups in total. The van der Waals surface area contributed by atoms with Gasteiger partial charge >= 0.3 is 0 Å². The van der Waals surface area contributed by atoms with Crippen molar-refractivity contribution in [3.63, 3.8) is 0 Å². The maximum absolute atomic E-state index is 13.0. The Morgan fingerprint density at radius 3 is 2.36 bits per heavy atom. The predicted molar refractivity (Wildman–Crippen MR) is 109 cm³/mol. The van der Waals surface area contributed by atoms with E-state index in [-0.39, 0.29) is 11.4 Å². The van der Waals surface area contributed by atoms with Crippen molar-refractivity contribution in [3.05, 3.63) is 29.3 Å². The van der Waals surface area contributed by atoms with Gasteiger partial charge in [0.25, 0.3) is 5.91 Å². The molecule has 2 aliphatic rings. The number of rotatable bonds is 5. The quantitative estimate of drug-likeness (QED) is 0.738. The number of benzene rings is 1. The van der Waals surface area contributed by atoms with Gasteiger partial charge in [-0.1, -0.05) is 6.92 Å². The molecule has 2 heterocycles. The van der Waals surface area contributed by atoms with E-state index in [0.717, 1.165) is 37.2 Å². The van der Waals surface area contributed by atoms with E-state index in [1.54, 1.807) is 11.4 Å². The minimum Gasteiger partial charge on any atom is -0.497 e. The molecule has 8 heteroatoms. The molecule has 156 valence electrons. The molecule has 1 aromatic carbocycles. The molecule has 0 radical (unpaired) electrons. The van der Waals surface area contributed by atoms with Gasteiger partial charge in [0, 0.05) is 50.4 Å². The van der Waals surface area contributed by atoms with Crippen LogP contribution in [0.5, 0.6) is 5.75 Å². The topological polar surface area (TPSA) is 70.2 Å². The lowest BCUT2D eigenvalue weighted by molar-refractivity contribution is 0.0312. The first kappa shape index (κ1) is 21.1. The molecule has 2 saturated heterocycles. The fraction of sp³-hybridized carbons (Fsp3) is 0.650. The van der Waals surface area contributed by atoms with Crippen LogP contribution in [-0.4, -0.2) is 86.6 Å². The first-order valence-electron chi connectivity index (χ1n) is 9.84. The molecule has 0 saturated carbocycles. The molecule has 3 rings (SSSR count). The second-order valence-electron chi connectivity index (χ2n) is 7.88. The standard InChI is InChI=1S/C20H31N3O4S/c1-5-20(8-9-23(15-20)28(4,25)26)22-12-10-21(11-13-22)19(24)18-7-6-17(27-3)14-16(18)2/h6-7,14H,5,8-13,15H2,1-4H3. The maximum Gasteiger partial charge on any atom is 0.254 e. The Balaban J connectivity index is 1.66. The van der Waals surface area contributed by atoms with Gasteiger partial charge in [0.05, 0.1) is 13.4 Å². The first-order valence-corrected chi connectivity index (χ1v) is 11.7. The van der Waals surface area contributed by atoms with E-state index in [1.165, 1.54) is 6.26 Å². The number of methoxy groups -OCH3 is 1. The van der Waals surface area contributed by atoms with Crippen LogP contribution in [0.1, 0.15) is 35.7 Å². The lowest BCUT2D eigenvalue weighted by atomic mass is 9.92. The fourth-order valence-electron chi connectivity index (χ4n) is 4.43. The van der Waals surface area contributed by atoms with E-state index in [4.69, 9.17) is 4.74 Å². The third-order valence-electron chi connectivity index (χ3n) is 6.33. The molecule has 7 nitrogen and oxygen atoms in total. The summed E-state index contributed by atoms with van der Waals surface area (Å²) in [5, 5.41) is 0. The van der Waals surface area contributed by atoms with Crippen LogP contribution in [-0.2, 0) is 10.0 Å². The number of carbonyl (C=O) groups is 1. The molecular formula is C20H31N3O4S. The minimum absolute atomic E-state index is 0.0505. The summed E-state index contributed by atoms with van der Waals surface area (Å²) in [5.41, 5.74) is 1.51. The molecule has 2 aliphatic heterocycles. The van der Waals surface area contributed by atoms with E-state index >= 15 is 0 Å². The van der Waals surface area contributed by atoms with Gasteiger partial charge in [-0.25, -0.2) is 12.7 Å². The molecule has 0 spiro atoms. The highest BCUT2D eigenvalue weighted by Gasteiger charge is 2.45. The van der Waals surface area contributed by atoms with Crippen LogP contribution in [0, 0.1) is 6.92 Å². The second kappa shape index (κ2) is 8.00. The average molecular weight is 410 g/mol. The summed E-state index contributed by atoms with van der Waals surface area (Å²) < 4.78 is 30.7. The Morgan fingerprint density at radius 2 is 1.86 bits per heavy atom. The van der Waals surface area contributed by atoms with Crippen molar-refractivity contribution in [1.82, 2.24) is 14.1 Å². The van der Waals surface area contributed by atoms with Gasteiger partial charge in [-0.05, 0) is 43.5 Å². The van der Waals surface area contributed by atoms with Crippen molar-refractivity contribution >= 4 is 15.9 Å². The summed E-state index contributed by atoms with van der Waals surface area (Å²) in [6.45, 7) is 8.04. The lowest BCUT2D eigenvalue weighted by Gasteiger charge is -2.45. The van der Waals surface area contributed by atoms with Crippen molar-refractivity contribution in [2.24, 2.45) is 0 Å². The Labute approximate surface area is 168 Å². The summed E-state index contributed by atoms with van der Waals surface area (Å²) in [6, 6.07) is 5.53. The van der Waals surface area contributed by atoms with E-state index in [9.17, 15) is 13.2 Å². The third kappa shape index (κ3) is 4.04. The summed E-state index contributed by atoms with van der Waals surface area (Å²) in [4.78, 5) is 17.3. The number of piperazine rings is 1. The van der Waals surface area contributed by atoms with Gasteiger partial charge < -0.3 is 9.64 Å². The smallest absolute Gasteiger partial charge is 0.254 e. The van der Waals surface area contributed by atoms with Crippen LogP contribution >= 0.6 is 0 Å². The number of hydrogen-bond donors (Lipinski definition) is 0. The summed E-state index contributed by atoms with van der Waals surface area (Å²) in [6.07, 6.45) is 3.04. The Hall–Kier alpha value is -1.64. The zero-order valence-electron chi connectivity index (χ0n) is 17.3. The van der Waals surface area contributed by atoms with Crippen molar-refractivity contribution in [1.29, 1.82) is 0 Å². The van der Waals surface area contributed by atoms with E-state index in [2.05, 4.69) is 11.8 Å². The number of amides is 1. The molecular weight excluding hydrogens is 378 g/mol. The highest BCUT2D eigenvalue weighted by molar-refractivity contribution is 7.88. The molecule has 0 aromatic heterocycles. The van der Waals surface area contributed by atoms with Crippen LogP contribution in [0.4, 0.5) is 0 Å². The number of aryl methyl sites for hydroxylation is 1. The summed E-state index contributed by atoms with van der Waals surface area (Å²) in [7, 11) is -1.54. The van der Waals surface area contributed by atoms with Crippen LogP contribution < -0.4 is 4.74 Å². The molecule has 28 heavy (non-hydrogen) atoms. The number of ether oxygens (including phenoxy) is 1. The van der Waals surface area contributed by atoms with Gasteiger partial charge in [-0.15, -0.1) is 0 Å². The monoisotopic (exact) mass is 409 g/mol. The second-order valence-corrected chi connectivity index (χ2v) is 9.87. The van der Waals surface area contributed by atoms with Crippen molar-refractivity contribution in [2.45, 2.75) is 32.2 Å². The van der Waals surface area contributed by atoms with Crippen molar-refractivity contribution < 1.29 is 17.9 Å². The predicted octanol–water partition coefficient (Wildman–Crippen LogP) is 1.58. The first-order chi connectivity index (χ1) is 13.2. The van der Waals surface area contributed by atoms with Crippen LogP contribution in [0.3, 0.4) is 0 Å². The maximum atomic E-state index is 13.0. The number of sulfonamides is 1. The SMILES string of the molecule is CCC1(N2CCN(C(=O)c3ccc(OC)cc3C)CC2)CCN(S(C)(=O)=O)C1. The Bertz CT molecular complexity index is 834. The van der Waals surface area contributed by atoms with Gasteiger partial charge in [0.2, 0.25) is 10.0 Å². The largest absolute Gasteiger partial charge is 0.497 e. The molecule has 0 aliphatic carbocycles. The number of nitrogens with zero attached hydrogens (tertiary/aromatic N) is 3. The minimum atomic E-state index is -3.16. The van der Waals surface area contributed by atoms with E-state index in [1.807, 2.05) is 30.0 Å². The van der Waals surface area contributed by atoms with E-state index in [0.29, 0.717) is 31.7 Å². The lowest BCUT2D eigenvalue weighted by Crippen LogP contribution is -2.59. The highest BCUT2D eigenvalue weighted by Crippen LogP contribution is 2.33. The normalized spacial score (nSPS) is 24.5. The Morgan fingerprint density at radius 1 is 1.18 bits per heavy atom. The Kier molecular flexibility index (Phi) is 6.03. The zero-order chi connectivity index (χ0) is 20.5. The molecule has 1 unspecified atom stereocenters. The van der Waals surface area contributed by atoms with Gasteiger partial charge in [-0.3, -0.25) is 9.69 Å². The zero-order valence-corrected chi connectivity index (χ0v) is 18.1. The van der Waals surface area contributed by atoms with E-state index < -0.39 is 10.0 Å². The summed E-state index contributed by atoms with van der Waals surface area (Å²) in [5.74, 6) is 0.801. The van der Waals surface area contributed by atoms with Crippen LogP contribution in [0.15, 0.2) is 18.2 Å². The van der Waals surface area contributed by atoms with Crippen LogP contribution in [0.2, 0.25) is 0 Å². The molecule has 2 fully saturated rings. The molecule has 0 bridgehead atoms.